The van der Waals surface area contributed by atoms with Crippen LogP contribution in [0.15, 0.2) is 56.5 Å². The van der Waals surface area contributed by atoms with Crippen LogP contribution in [-0.2, 0) is 16.4 Å². The number of nitrogens with one attached hydrogen (secondary N) is 1. The summed E-state index contributed by atoms with van der Waals surface area (Å²) in [4.78, 5) is 0. The summed E-state index contributed by atoms with van der Waals surface area (Å²) in [5, 5.41) is 3.61. The number of para-hydroxylation sites is 1. The van der Waals surface area contributed by atoms with Crippen molar-refractivity contribution in [3.8, 4) is 17.3 Å². The number of fused-ring (bicyclic) bond motifs is 1. The van der Waals surface area contributed by atoms with Gasteiger partial charge in [-0.3, -0.25) is 0 Å². The number of furan rings is 1. The van der Waals surface area contributed by atoms with E-state index in [1.54, 1.807) is 19.1 Å². The third kappa shape index (κ3) is 3.38. The van der Waals surface area contributed by atoms with Crippen molar-refractivity contribution >= 4 is 10.0 Å². The molecule has 0 amide bonds. The first-order valence-electron chi connectivity index (χ1n) is 8.25. The molecule has 1 unspecified atom stereocenters. The van der Waals surface area contributed by atoms with Crippen LogP contribution < -0.4 is 9.46 Å². The molecule has 3 heterocycles. The zero-order valence-electron chi connectivity index (χ0n) is 14.1. The molecule has 2 aromatic heterocycles. The monoisotopic (exact) mass is 374 g/mol. The fourth-order valence-electron chi connectivity index (χ4n) is 2.90. The Bertz CT molecular complexity index is 1020. The lowest BCUT2D eigenvalue weighted by Gasteiger charge is -2.25. The van der Waals surface area contributed by atoms with Gasteiger partial charge in [-0.15, -0.1) is 0 Å². The lowest BCUT2D eigenvalue weighted by molar-refractivity contribution is 0.223. The van der Waals surface area contributed by atoms with E-state index < -0.39 is 10.0 Å². The fraction of sp³-hybridized carbons (Fsp3) is 0.278. The van der Waals surface area contributed by atoms with Crippen LogP contribution >= 0.6 is 0 Å². The van der Waals surface area contributed by atoms with Gasteiger partial charge in [0, 0.05) is 18.5 Å². The van der Waals surface area contributed by atoms with Gasteiger partial charge in [0.1, 0.15) is 5.75 Å². The van der Waals surface area contributed by atoms with Crippen LogP contribution in [0.1, 0.15) is 11.3 Å². The van der Waals surface area contributed by atoms with E-state index in [0.717, 1.165) is 17.7 Å². The molecule has 0 saturated heterocycles. The Morgan fingerprint density at radius 2 is 2.04 bits per heavy atom. The van der Waals surface area contributed by atoms with E-state index in [4.69, 9.17) is 13.7 Å². The minimum atomic E-state index is -3.75. The first-order valence-corrected chi connectivity index (χ1v) is 9.73. The van der Waals surface area contributed by atoms with Crippen LogP contribution in [0.3, 0.4) is 0 Å². The highest BCUT2D eigenvalue weighted by atomic mass is 32.2. The maximum Gasteiger partial charge on any atom is 0.273 e. The average molecular weight is 374 g/mol. The molecule has 136 valence electrons. The normalized spacial score (nSPS) is 16.9. The lowest BCUT2D eigenvalue weighted by Crippen LogP contribution is -2.34. The number of hydrogen-bond acceptors (Lipinski definition) is 6. The van der Waals surface area contributed by atoms with Gasteiger partial charge in [-0.25, -0.2) is 13.1 Å². The van der Waals surface area contributed by atoms with E-state index in [2.05, 4.69) is 9.88 Å². The molecule has 3 aromatic rings. The maximum absolute atomic E-state index is 12.5. The summed E-state index contributed by atoms with van der Waals surface area (Å²) in [6, 6.07) is 12.4. The second-order valence-electron chi connectivity index (χ2n) is 6.29. The van der Waals surface area contributed by atoms with E-state index in [1.807, 2.05) is 24.3 Å². The molecular formula is C18H18N2O5S. The number of sulfonamides is 1. The fourth-order valence-corrected chi connectivity index (χ4v) is 3.94. The van der Waals surface area contributed by atoms with Crippen molar-refractivity contribution in [1.82, 2.24) is 9.88 Å². The van der Waals surface area contributed by atoms with Gasteiger partial charge in [0.2, 0.25) is 10.9 Å². The van der Waals surface area contributed by atoms with Crippen molar-refractivity contribution in [2.75, 3.05) is 13.2 Å². The van der Waals surface area contributed by atoms with Crippen molar-refractivity contribution < 1.29 is 22.1 Å². The van der Waals surface area contributed by atoms with Crippen molar-refractivity contribution in [2.24, 2.45) is 5.92 Å². The summed E-state index contributed by atoms with van der Waals surface area (Å²) in [6.45, 7) is 2.52. The molecule has 0 fully saturated rings. The maximum atomic E-state index is 12.5. The largest absolute Gasteiger partial charge is 0.493 e. The Balaban J connectivity index is 1.43. The molecule has 1 aromatic carbocycles. The zero-order chi connectivity index (χ0) is 18.1. The number of ether oxygens (including phenoxy) is 1. The highest BCUT2D eigenvalue weighted by Crippen LogP contribution is 2.27. The predicted octanol–water partition coefficient (Wildman–Crippen LogP) is 2.77. The molecular weight excluding hydrogens is 356 g/mol. The lowest BCUT2D eigenvalue weighted by atomic mass is 9.97. The zero-order valence-corrected chi connectivity index (χ0v) is 15.0. The molecule has 7 nitrogen and oxygen atoms in total. The molecule has 1 N–H and O–H groups in total. The summed E-state index contributed by atoms with van der Waals surface area (Å²) in [7, 11) is -3.75. The van der Waals surface area contributed by atoms with Gasteiger partial charge in [0.25, 0.3) is 10.0 Å². The van der Waals surface area contributed by atoms with Crippen LogP contribution in [-0.4, -0.2) is 26.7 Å². The Morgan fingerprint density at radius 1 is 1.19 bits per heavy atom. The molecule has 4 rings (SSSR count). The Kier molecular flexibility index (Phi) is 4.29. The van der Waals surface area contributed by atoms with Crippen molar-refractivity contribution in [2.45, 2.75) is 18.4 Å². The number of rotatable bonds is 5. The van der Waals surface area contributed by atoms with Gasteiger partial charge in [-0.1, -0.05) is 23.4 Å². The molecule has 1 aliphatic heterocycles. The minimum Gasteiger partial charge on any atom is -0.493 e. The molecule has 0 saturated carbocycles. The van der Waals surface area contributed by atoms with Crippen LogP contribution in [0.4, 0.5) is 0 Å². The second kappa shape index (κ2) is 6.62. The number of aryl methyl sites for hydroxylation is 1. The number of aromatic nitrogens is 1. The summed E-state index contributed by atoms with van der Waals surface area (Å²) >= 11 is 0. The summed E-state index contributed by atoms with van der Waals surface area (Å²) in [5.41, 5.74) is 1.78. The van der Waals surface area contributed by atoms with Gasteiger partial charge in [-0.05, 0) is 37.1 Å². The van der Waals surface area contributed by atoms with E-state index in [1.165, 1.54) is 6.07 Å². The highest BCUT2D eigenvalue weighted by molar-refractivity contribution is 7.89. The molecule has 0 bridgehead atoms. The van der Waals surface area contributed by atoms with Gasteiger partial charge in [-0.2, -0.15) is 0 Å². The van der Waals surface area contributed by atoms with E-state index in [-0.39, 0.29) is 17.6 Å². The molecule has 0 radical (unpaired) electrons. The highest BCUT2D eigenvalue weighted by Gasteiger charge is 2.24. The van der Waals surface area contributed by atoms with Crippen LogP contribution in [0.2, 0.25) is 0 Å². The quantitative estimate of drug-likeness (QED) is 0.738. The van der Waals surface area contributed by atoms with E-state index in [0.29, 0.717) is 23.8 Å². The van der Waals surface area contributed by atoms with Gasteiger partial charge < -0.3 is 13.7 Å². The van der Waals surface area contributed by atoms with E-state index in [9.17, 15) is 8.42 Å². The van der Waals surface area contributed by atoms with Crippen LogP contribution in [0.5, 0.6) is 5.75 Å². The Morgan fingerprint density at radius 3 is 2.85 bits per heavy atom. The number of hydrogen-bond donors (Lipinski definition) is 1. The summed E-state index contributed by atoms with van der Waals surface area (Å²) in [6.07, 6.45) is 0.763. The topological polar surface area (TPSA) is 94.6 Å². The first-order chi connectivity index (χ1) is 12.5. The predicted molar refractivity (Wildman–Crippen MR) is 93.3 cm³/mol. The smallest absolute Gasteiger partial charge is 0.273 e. The summed E-state index contributed by atoms with van der Waals surface area (Å²) in [5.74, 6) is 1.64. The molecule has 1 atom stereocenters. The minimum absolute atomic E-state index is 0.0611. The Labute approximate surface area is 151 Å². The van der Waals surface area contributed by atoms with Crippen molar-refractivity contribution in [3.63, 3.8) is 0 Å². The standard InChI is InChI=1S/C18H18N2O5S/c1-12-8-17(25-20-12)16-6-7-18(24-16)26(21,22)19-10-13-9-14-4-2-3-5-15(14)23-11-13/h2-8,13,19H,9-11H2,1H3. The Hall–Kier alpha value is -2.58. The molecule has 1 aliphatic rings. The molecule has 8 heteroatoms. The van der Waals surface area contributed by atoms with Gasteiger partial charge in [0.15, 0.2) is 5.76 Å². The number of nitrogens with zero attached hydrogens (tertiary/aromatic N) is 1. The molecule has 0 spiro atoms. The van der Waals surface area contributed by atoms with Crippen molar-refractivity contribution in [1.29, 1.82) is 0 Å². The van der Waals surface area contributed by atoms with Gasteiger partial charge >= 0.3 is 0 Å². The third-order valence-electron chi connectivity index (χ3n) is 4.23. The van der Waals surface area contributed by atoms with Crippen molar-refractivity contribution in [3.05, 3.63) is 53.7 Å². The van der Waals surface area contributed by atoms with Gasteiger partial charge in [0.05, 0.1) is 12.3 Å². The number of benzene rings is 1. The van der Waals surface area contributed by atoms with Crippen LogP contribution in [0.25, 0.3) is 11.5 Å². The second-order valence-corrected chi connectivity index (χ2v) is 7.99. The molecule has 26 heavy (non-hydrogen) atoms. The summed E-state index contributed by atoms with van der Waals surface area (Å²) < 4.78 is 43.8. The van der Waals surface area contributed by atoms with Crippen LogP contribution in [0, 0.1) is 12.8 Å². The third-order valence-corrected chi connectivity index (χ3v) is 5.53. The average Bonchev–Trinajstić information content (AvgIpc) is 3.29. The van der Waals surface area contributed by atoms with E-state index >= 15 is 0 Å². The SMILES string of the molecule is Cc1cc(-c2ccc(S(=O)(=O)NCC3COc4ccccc4C3)o2)on1. The molecule has 0 aliphatic carbocycles. The first kappa shape index (κ1) is 16.9.